The average molecular weight is 496 g/mol. The fraction of sp³-hybridized carbons (Fsp3) is 0.607. The van der Waals surface area contributed by atoms with Crippen molar-refractivity contribution in [1.82, 2.24) is 10.2 Å². The highest BCUT2D eigenvalue weighted by Gasteiger charge is 2.72. The monoisotopic (exact) mass is 495 g/mol. The number of ether oxygens (including phenoxy) is 2. The highest BCUT2D eigenvalue weighted by molar-refractivity contribution is 6.02. The Bertz CT molecular complexity index is 1030. The van der Waals surface area contributed by atoms with Gasteiger partial charge in [-0.15, -0.1) is 0 Å². The average Bonchev–Trinajstić information content (AvgIpc) is 3.51. The minimum atomic E-state index is -1.11. The molecule has 194 valence electrons. The van der Waals surface area contributed by atoms with Crippen LogP contribution >= 0.6 is 0 Å². The molecule has 3 heterocycles. The molecular weight excluding hydrogens is 458 g/mol. The van der Waals surface area contributed by atoms with E-state index in [4.69, 9.17) is 9.47 Å². The Kier molecular flexibility index (Phi) is 6.81. The number of amides is 3. The van der Waals surface area contributed by atoms with Crippen molar-refractivity contribution < 1.29 is 23.9 Å². The second-order valence-corrected chi connectivity index (χ2v) is 11.0. The van der Waals surface area contributed by atoms with Gasteiger partial charge in [-0.1, -0.05) is 45.3 Å². The van der Waals surface area contributed by atoms with Crippen molar-refractivity contribution >= 4 is 23.4 Å². The lowest BCUT2D eigenvalue weighted by atomic mass is 9.74. The molecule has 8 nitrogen and oxygen atoms in total. The highest BCUT2D eigenvalue weighted by atomic mass is 16.5. The first kappa shape index (κ1) is 24.8. The van der Waals surface area contributed by atoms with E-state index in [-0.39, 0.29) is 23.8 Å². The summed E-state index contributed by atoms with van der Waals surface area (Å²) in [6.07, 6.45) is 9.29. The van der Waals surface area contributed by atoms with Crippen LogP contribution in [0.25, 0.3) is 0 Å². The van der Waals surface area contributed by atoms with Crippen molar-refractivity contribution in [2.45, 2.75) is 76.2 Å². The molecule has 2 saturated heterocycles. The van der Waals surface area contributed by atoms with Gasteiger partial charge in [-0.05, 0) is 49.4 Å². The summed E-state index contributed by atoms with van der Waals surface area (Å²) < 4.78 is 11.6. The van der Waals surface area contributed by atoms with E-state index in [1.54, 1.807) is 36.3 Å². The number of hydrogen-bond donors (Lipinski definition) is 2. The summed E-state index contributed by atoms with van der Waals surface area (Å²) in [6, 6.07) is 6.43. The fourth-order valence-electron chi connectivity index (χ4n) is 6.33. The smallest absolute Gasteiger partial charge is 0.246 e. The molecule has 1 spiro atoms. The van der Waals surface area contributed by atoms with Gasteiger partial charge < -0.3 is 25.0 Å². The van der Waals surface area contributed by atoms with Gasteiger partial charge in [-0.25, -0.2) is 0 Å². The van der Waals surface area contributed by atoms with Crippen molar-refractivity contribution in [2.24, 2.45) is 17.8 Å². The van der Waals surface area contributed by atoms with Gasteiger partial charge >= 0.3 is 0 Å². The fourth-order valence-corrected chi connectivity index (χ4v) is 6.33. The number of methoxy groups -OCH3 is 1. The third kappa shape index (κ3) is 4.29. The molecule has 3 aliphatic heterocycles. The lowest BCUT2D eigenvalue weighted by Crippen LogP contribution is -2.56. The van der Waals surface area contributed by atoms with Crippen LogP contribution in [0.1, 0.15) is 52.4 Å². The van der Waals surface area contributed by atoms with E-state index >= 15 is 0 Å². The SMILES string of the molecule is COc1ccc(NC(=O)C2C3C=CC4(O3)C2C(=O)N(CCC(C)C)C4C(=O)NC2CCCCC2)cc1. The van der Waals surface area contributed by atoms with Crippen molar-refractivity contribution in [3.8, 4) is 5.75 Å². The van der Waals surface area contributed by atoms with E-state index in [0.717, 1.165) is 32.1 Å². The molecule has 1 saturated carbocycles. The number of anilines is 1. The maximum atomic E-state index is 13.9. The summed E-state index contributed by atoms with van der Waals surface area (Å²) in [5, 5.41) is 6.17. The predicted molar refractivity (Wildman–Crippen MR) is 135 cm³/mol. The molecule has 0 aromatic heterocycles. The van der Waals surface area contributed by atoms with E-state index in [2.05, 4.69) is 24.5 Å². The zero-order chi connectivity index (χ0) is 25.4. The largest absolute Gasteiger partial charge is 0.497 e. The molecule has 2 bridgehead atoms. The molecule has 1 aromatic carbocycles. The first-order chi connectivity index (χ1) is 17.3. The quantitative estimate of drug-likeness (QED) is 0.540. The number of carbonyl (C=O) groups is 3. The zero-order valence-corrected chi connectivity index (χ0v) is 21.4. The number of hydrogen-bond acceptors (Lipinski definition) is 5. The highest BCUT2D eigenvalue weighted by Crippen LogP contribution is 2.55. The van der Waals surface area contributed by atoms with Crippen molar-refractivity contribution in [2.75, 3.05) is 19.0 Å². The van der Waals surface area contributed by atoms with Gasteiger partial charge in [-0.2, -0.15) is 0 Å². The number of carbonyl (C=O) groups excluding carboxylic acids is 3. The van der Waals surface area contributed by atoms with E-state index < -0.39 is 29.6 Å². The van der Waals surface area contributed by atoms with Crippen LogP contribution in [0.4, 0.5) is 5.69 Å². The van der Waals surface area contributed by atoms with Crippen LogP contribution in [-0.4, -0.2) is 60.1 Å². The van der Waals surface area contributed by atoms with Crippen LogP contribution in [0.3, 0.4) is 0 Å². The van der Waals surface area contributed by atoms with Gasteiger partial charge in [-0.3, -0.25) is 14.4 Å². The molecule has 8 heteroatoms. The van der Waals surface area contributed by atoms with E-state index in [1.165, 1.54) is 6.42 Å². The van der Waals surface area contributed by atoms with Gasteiger partial charge in [0.2, 0.25) is 17.7 Å². The van der Waals surface area contributed by atoms with E-state index in [1.807, 2.05) is 12.2 Å². The Morgan fingerprint density at radius 3 is 2.53 bits per heavy atom. The Morgan fingerprint density at radius 1 is 1.14 bits per heavy atom. The molecule has 5 atom stereocenters. The third-order valence-electron chi connectivity index (χ3n) is 8.18. The Labute approximate surface area is 212 Å². The second kappa shape index (κ2) is 9.88. The second-order valence-electron chi connectivity index (χ2n) is 11.0. The normalized spacial score (nSPS) is 31.1. The first-order valence-electron chi connectivity index (χ1n) is 13.3. The van der Waals surface area contributed by atoms with Crippen LogP contribution in [0.15, 0.2) is 36.4 Å². The van der Waals surface area contributed by atoms with Gasteiger partial charge in [0, 0.05) is 18.3 Å². The molecule has 1 aliphatic carbocycles. The summed E-state index contributed by atoms with van der Waals surface area (Å²) in [7, 11) is 1.59. The number of rotatable bonds is 8. The molecule has 3 fully saturated rings. The molecule has 4 aliphatic rings. The van der Waals surface area contributed by atoms with E-state index in [9.17, 15) is 14.4 Å². The van der Waals surface area contributed by atoms with Crippen molar-refractivity contribution in [3.63, 3.8) is 0 Å². The summed E-state index contributed by atoms with van der Waals surface area (Å²) in [5.74, 6) is -0.953. The first-order valence-corrected chi connectivity index (χ1v) is 13.3. The zero-order valence-electron chi connectivity index (χ0n) is 21.4. The van der Waals surface area contributed by atoms with Crippen molar-refractivity contribution in [3.05, 3.63) is 36.4 Å². The lowest BCUT2D eigenvalue weighted by molar-refractivity contribution is -0.141. The third-order valence-corrected chi connectivity index (χ3v) is 8.18. The number of nitrogens with one attached hydrogen (secondary N) is 2. The van der Waals surface area contributed by atoms with Crippen LogP contribution < -0.4 is 15.4 Å². The molecule has 5 unspecified atom stereocenters. The topological polar surface area (TPSA) is 97.0 Å². The Balaban J connectivity index is 1.41. The molecule has 1 aromatic rings. The molecule has 2 N–H and O–H groups in total. The van der Waals surface area contributed by atoms with Crippen LogP contribution in [0.2, 0.25) is 0 Å². The summed E-state index contributed by atoms with van der Waals surface area (Å²) in [6.45, 7) is 4.67. The maximum absolute atomic E-state index is 13.9. The Morgan fingerprint density at radius 2 is 1.86 bits per heavy atom. The molecule has 0 radical (unpaired) electrons. The van der Waals surface area contributed by atoms with Gasteiger partial charge in [0.05, 0.1) is 25.0 Å². The van der Waals surface area contributed by atoms with Crippen LogP contribution in [-0.2, 0) is 19.1 Å². The number of nitrogens with zero attached hydrogens (tertiary/aromatic N) is 1. The molecular formula is C28H37N3O5. The van der Waals surface area contributed by atoms with Crippen LogP contribution in [0, 0.1) is 17.8 Å². The number of benzene rings is 1. The van der Waals surface area contributed by atoms with Gasteiger partial charge in [0.1, 0.15) is 17.4 Å². The predicted octanol–water partition coefficient (Wildman–Crippen LogP) is 3.28. The van der Waals surface area contributed by atoms with Crippen molar-refractivity contribution in [1.29, 1.82) is 0 Å². The molecule has 5 rings (SSSR count). The van der Waals surface area contributed by atoms with E-state index in [0.29, 0.717) is 23.9 Å². The number of likely N-dealkylation sites (tertiary alicyclic amines) is 1. The number of fused-ring (bicyclic) bond motifs is 1. The minimum absolute atomic E-state index is 0.125. The van der Waals surface area contributed by atoms with Gasteiger partial charge in [0.25, 0.3) is 0 Å². The van der Waals surface area contributed by atoms with Gasteiger partial charge in [0.15, 0.2) is 0 Å². The molecule has 3 amide bonds. The standard InChI is InChI=1S/C28H37N3O5/c1-17(2)14-16-31-24(26(33)30-18-7-5-4-6-8-18)28-15-13-21(36-28)22(23(28)27(31)34)25(32)29-19-9-11-20(35-3)12-10-19/h9-13,15,17-18,21-24H,4-8,14,16H2,1-3H3,(H,29,32)(H,30,33). The molecule has 36 heavy (non-hydrogen) atoms. The lowest BCUT2D eigenvalue weighted by Gasteiger charge is -2.34. The maximum Gasteiger partial charge on any atom is 0.246 e. The summed E-state index contributed by atoms with van der Waals surface area (Å²) in [4.78, 5) is 42.8. The minimum Gasteiger partial charge on any atom is -0.497 e. The van der Waals surface area contributed by atoms with Crippen LogP contribution in [0.5, 0.6) is 5.75 Å². The Hall–Kier alpha value is -2.87. The summed E-state index contributed by atoms with van der Waals surface area (Å²) in [5.41, 5.74) is -0.491. The summed E-state index contributed by atoms with van der Waals surface area (Å²) >= 11 is 0.